The molecule has 94 valence electrons. The molecule has 1 rings (SSSR count). The molecule has 0 atom stereocenters. The van der Waals surface area contributed by atoms with Crippen molar-refractivity contribution in [1.29, 1.82) is 0 Å². The molecule has 1 amide bonds. The molecule has 0 aliphatic carbocycles. The number of hydrogen-bond donors (Lipinski definition) is 3. The highest BCUT2D eigenvalue weighted by Crippen LogP contribution is 2.31. The van der Waals surface area contributed by atoms with Crippen LogP contribution in [0.4, 0.5) is 23.7 Å². The lowest BCUT2D eigenvalue weighted by Crippen LogP contribution is -2.23. The Morgan fingerprint density at radius 2 is 2.00 bits per heavy atom. The van der Waals surface area contributed by atoms with E-state index < -0.39 is 17.8 Å². The number of hydrogen-bond acceptors (Lipinski definition) is 2. The van der Waals surface area contributed by atoms with Crippen LogP contribution >= 0.6 is 0 Å². The van der Waals surface area contributed by atoms with Crippen molar-refractivity contribution in [2.24, 2.45) is 0 Å². The molecular formula is C10H11F3N2O2. The summed E-state index contributed by atoms with van der Waals surface area (Å²) in [5, 5.41) is 10.4. The van der Waals surface area contributed by atoms with Gasteiger partial charge in [0.05, 0.1) is 5.56 Å². The lowest BCUT2D eigenvalue weighted by atomic mass is 10.1. The Morgan fingerprint density at radius 3 is 2.53 bits per heavy atom. The summed E-state index contributed by atoms with van der Waals surface area (Å²) in [7, 11) is 0. The molecular weight excluding hydrogens is 237 g/mol. The summed E-state index contributed by atoms with van der Waals surface area (Å²) in [4.78, 5) is 10.2. The second-order valence-corrected chi connectivity index (χ2v) is 3.44. The van der Waals surface area contributed by atoms with Gasteiger partial charge in [-0.3, -0.25) is 0 Å². The summed E-state index contributed by atoms with van der Waals surface area (Å²) in [5.41, 5.74) is 4.86. The third-order valence-electron chi connectivity index (χ3n) is 2.03. The first-order valence-corrected chi connectivity index (χ1v) is 4.72. The average Bonchev–Trinajstić information content (AvgIpc) is 2.14. The van der Waals surface area contributed by atoms with E-state index in [0.29, 0.717) is 5.56 Å². The van der Waals surface area contributed by atoms with Crippen LogP contribution in [-0.2, 0) is 12.6 Å². The predicted molar refractivity (Wildman–Crippen MR) is 55.6 cm³/mol. The van der Waals surface area contributed by atoms with Gasteiger partial charge in [0, 0.05) is 12.2 Å². The van der Waals surface area contributed by atoms with Gasteiger partial charge in [-0.1, -0.05) is 0 Å². The van der Waals surface area contributed by atoms with Crippen LogP contribution in [0.25, 0.3) is 0 Å². The van der Waals surface area contributed by atoms with Crippen molar-refractivity contribution in [3.63, 3.8) is 0 Å². The molecule has 0 heterocycles. The number of amides is 1. The third-order valence-corrected chi connectivity index (χ3v) is 2.03. The number of nitrogen functional groups attached to an aromatic ring is 1. The number of carboxylic acid groups (broad SMARTS) is 1. The lowest BCUT2D eigenvalue weighted by Gasteiger charge is -2.10. The van der Waals surface area contributed by atoms with E-state index in [1.807, 2.05) is 0 Å². The van der Waals surface area contributed by atoms with Gasteiger partial charge in [0.2, 0.25) is 0 Å². The first-order valence-electron chi connectivity index (χ1n) is 4.72. The molecule has 0 aliphatic heterocycles. The van der Waals surface area contributed by atoms with Crippen LogP contribution in [0.15, 0.2) is 18.2 Å². The summed E-state index contributed by atoms with van der Waals surface area (Å²) < 4.78 is 37.3. The van der Waals surface area contributed by atoms with E-state index in [2.05, 4.69) is 5.32 Å². The second kappa shape index (κ2) is 4.94. The molecule has 1 aromatic carbocycles. The van der Waals surface area contributed by atoms with Crippen LogP contribution in [-0.4, -0.2) is 17.7 Å². The van der Waals surface area contributed by atoms with Gasteiger partial charge in [-0.05, 0) is 30.2 Å². The van der Waals surface area contributed by atoms with Crippen molar-refractivity contribution in [2.45, 2.75) is 12.6 Å². The molecule has 4 nitrogen and oxygen atoms in total. The lowest BCUT2D eigenvalue weighted by molar-refractivity contribution is -0.137. The molecule has 7 heteroatoms. The highest BCUT2D eigenvalue weighted by atomic mass is 19.4. The third kappa shape index (κ3) is 4.21. The van der Waals surface area contributed by atoms with Crippen LogP contribution < -0.4 is 11.1 Å². The Hall–Kier alpha value is -1.92. The molecule has 0 saturated carbocycles. The highest BCUT2D eigenvalue weighted by molar-refractivity contribution is 5.64. The summed E-state index contributed by atoms with van der Waals surface area (Å²) in [6.07, 6.45) is -5.52. The SMILES string of the molecule is Nc1cc(CCNC(=O)O)cc(C(F)(F)F)c1. The minimum absolute atomic E-state index is 0.00477. The first-order chi connectivity index (χ1) is 7.79. The highest BCUT2D eigenvalue weighted by Gasteiger charge is 2.30. The molecule has 0 aromatic heterocycles. The Morgan fingerprint density at radius 1 is 1.35 bits per heavy atom. The number of carbonyl (C=O) groups is 1. The summed E-state index contributed by atoms with van der Waals surface area (Å²) in [6, 6.07) is 3.19. The maximum Gasteiger partial charge on any atom is 0.416 e. The van der Waals surface area contributed by atoms with Gasteiger partial charge in [0.1, 0.15) is 0 Å². The fourth-order valence-corrected chi connectivity index (χ4v) is 1.34. The summed E-state index contributed by atoms with van der Waals surface area (Å²) in [6.45, 7) is 0.0378. The van der Waals surface area contributed by atoms with Gasteiger partial charge in [-0.2, -0.15) is 13.2 Å². The Bertz CT molecular complexity index is 419. The van der Waals surface area contributed by atoms with Gasteiger partial charge in [0.25, 0.3) is 0 Å². The molecule has 4 N–H and O–H groups in total. The number of nitrogens with two attached hydrogens (primary N) is 1. The summed E-state index contributed by atoms with van der Waals surface area (Å²) >= 11 is 0. The molecule has 0 saturated heterocycles. The van der Waals surface area contributed by atoms with Crippen molar-refractivity contribution in [3.8, 4) is 0 Å². The second-order valence-electron chi connectivity index (χ2n) is 3.44. The minimum Gasteiger partial charge on any atom is -0.465 e. The molecule has 1 aromatic rings. The first kappa shape index (κ1) is 13.1. The van der Waals surface area contributed by atoms with Crippen molar-refractivity contribution >= 4 is 11.8 Å². The molecule has 0 fully saturated rings. The molecule has 0 aliphatic rings. The standard InChI is InChI=1S/C10H11F3N2O2/c11-10(12,13)7-3-6(4-8(14)5-7)1-2-15-9(16)17/h3-5,15H,1-2,14H2,(H,16,17). The average molecular weight is 248 g/mol. The van der Waals surface area contributed by atoms with Gasteiger partial charge in [-0.15, -0.1) is 0 Å². The quantitative estimate of drug-likeness (QED) is 0.717. The van der Waals surface area contributed by atoms with Crippen LogP contribution in [0.2, 0.25) is 0 Å². The van der Waals surface area contributed by atoms with E-state index in [1.54, 1.807) is 0 Å². The maximum absolute atomic E-state index is 12.4. The molecule has 0 spiro atoms. The van der Waals surface area contributed by atoms with Crippen molar-refractivity contribution < 1.29 is 23.1 Å². The number of benzene rings is 1. The number of nitrogens with one attached hydrogen (secondary N) is 1. The van der Waals surface area contributed by atoms with E-state index in [4.69, 9.17) is 10.8 Å². The zero-order valence-corrected chi connectivity index (χ0v) is 8.71. The topological polar surface area (TPSA) is 75.3 Å². The van der Waals surface area contributed by atoms with E-state index >= 15 is 0 Å². The fourth-order valence-electron chi connectivity index (χ4n) is 1.34. The van der Waals surface area contributed by atoms with Gasteiger partial charge in [-0.25, -0.2) is 4.79 Å². The predicted octanol–water partition coefficient (Wildman–Crippen LogP) is 2.10. The number of anilines is 1. The van der Waals surface area contributed by atoms with Crippen molar-refractivity contribution in [3.05, 3.63) is 29.3 Å². The smallest absolute Gasteiger partial charge is 0.416 e. The van der Waals surface area contributed by atoms with E-state index in [-0.39, 0.29) is 18.7 Å². The fraction of sp³-hybridized carbons (Fsp3) is 0.300. The number of rotatable bonds is 3. The number of alkyl halides is 3. The Labute approximate surface area is 95.2 Å². The molecule has 17 heavy (non-hydrogen) atoms. The molecule has 0 radical (unpaired) electrons. The van der Waals surface area contributed by atoms with Crippen LogP contribution in [0.5, 0.6) is 0 Å². The largest absolute Gasteiger partial charge is 0.465 e. The normalized spacial score (nSPS) is 11.2. The maximum atomic E-state index is 12.4. The molecule has 0 bridgehead atoms. The van der Waals surface area contributed by atoms with Crippen LogP contribution in [0, 0.1) is 0 Å². The minimum atomic E-state index is -4.45. The Kier molecular flexibility index (Phi) is 3.82. The van der Waals surface area contributed by atoms with Gasteiger partial charge < -0.3 is 16.2 Å². The van der Waals surface area contributed by atoms with Crippen molar-refractivity contribution in [2.75, 3.05) is 12.3 Å². The Balaban J connectivity index is 2.79. The van der Waals surface area contributed by atoms with Crippen LogP contribution in [0.1, 0.15) is 11.1 Å². The zero-order valence-electron chi connectivity index (χ0n) is 8.71. The number of halogens is 3. The van der Waals surface area contributed by atoms with E-state index in [1.165, 1.54) is 6.07 Å². The van der Waals surface area contributed by atoms with Crippen LogP contribution in [0.3, 0.4) is 0 Å². The van der Waals surface area contributed by atoms with Crippen molar-refractivity contribution in [1.82, 2.24) is 5.32 Å². The van der Waals surface area contributed by atoms with Gasteiger partial charge in [0.15, 0.2) is 0 Å². The monoisotopic (exact) mass is 248 g/mol. The zero-order chi connectivity index (χ0) is 13.1. The molecule has 0 unspecified atom stereocenters. The van der Waals surface area contributed by atoms with E-state index in [0.717, 1.165) is 12.1 Å². The van der Waals surface area contributed by atoms with E-state index in [9.17, 15) is 18.0 Å². The van der Waals surface area contributed by atoms with Gasteiger partial charge >= 0.3 is 12.3 Å². The summed E-state index contributed by atoms with van der Waals surface area (Å²) in [5.74, 6) is 0.